The molecule has 1 fully saturated rings. The third kappa shape index (κ3) is 6.03. The standard InChI is InChI=1S/C17H24F3N3O/c1-13-4-3-8-23(12-13)9-7-21-16(24)22-11-14-5-2-6-15(10-14)17(18,19)20/h2,5-6,10,13H,3-4,7-9,11-12H2,1H3,(H2,21,22,24). The Morgan fingerprint density at radius 3 is 2.83 bits per heavy atom. The lowest BCUT2D eigenvalue weighted by atomic mass is 10.0. The van der Waals surface area contributed by atoms with Crippen LogP contribution < -0.4 is 10.6 Å². The number of nitrogens with one attached hydrogen (secondary N) is 2. The normalized spacial score (nSPS) is 19.1. The molecule has 4 nitrogen and oxygen atoms in total. The second-order valence-corrected chi connectivity index (χ2v) is 6.36. The average molecular weight is 343 g/mol. The molecule has 1 saturated heterocycles. The number of carbonyl (C=O) groups excluding carboxylic acids is 1. The van der Waals surface area contributed by atoms with Crippen LogP contribution in [0.1, 0.15) is 30.9 Å². The summed E-state index contributed by atoms with van der Waals surface area (Å²) in [7, 11) is 0. The number of halogens is 3. The summed E-state index contributed by atoms with van der Waals surface area (Å²) in [6, 6.07) is 4.61. The molecular formula is C17H24F3N3O. The third-order valence-corrected chi connectivity index (χ3v) is 4.16. The number of alkyl halides is 3. The van der Waals surface area contributed by atoms with Gasteiger partial charge in [0.2, 0.25) is 0 Å². The number of nitrogens with zero attached hydrogens (tertiary/aromatic N) is 1. The molecule has 1 aliphatic heterocycles. The van der Waals surface area contributed by atoms with E-state index >= 15 is 0 Å². The second kappa shape index (κ2) is 8.37. The minimum absolute atomic E-state index is 0.0660. The van der Waals surface area contributed by atoms with Crippen molar-refractivity contribution in [1.29, 1.82) is 0 Å². The van der Waals surface area contributed by atoms with E-state index < -0.39 is 11.7 Å². The Hall–Kier alpha value is -1.76. The van der Waals surface area contributed by atoms with E-state index in [4.69, 9.17) is 0 Å². The van der Waals surface area contributed by atoms with E-state index in [1.54, 1.807) is 6.07 Å². The van der Waals surface area contributed by atoms with Gasteiger partial charge in [-0.2, -0.15) is 13.2 Å². The van der Waals surface area contributed by atoms with E-state index in [0.29, 0.717) is 18.0 Å². The third-order valence-electron chi connectivity index (χ3n) is 4.16. The van der Waals surface area contributed by atoms with E-state index in [1.807, 2.05) is 0 Å². The molecule has 0 aliphatic carbocycles. The molecule has 0 saturated carbocycles. The Bertz CT molecular complexity index is 548. The van der Waals surface area contributed by atoms with Crippen LogP contribution in [0.15, 0.2) is 24.3 Å². The largest absolute Gasteiger partial charge is 0.416 e. The zero-order valence-corrected chi connectivity index (χ0v) is 13.8. The fraction of sp³-hybridized carbons (Fsp3) is 0.588. The maximum absolute atomic E-state index is 12.6. The van der Waals surface area contributed by atoms with Crippen molar-refractivity contribution < 1.29 is 18.0 Å². The van der Waals surface area contributed by atoms with E-state index in [9.17, 15) is 18.0 Å². The van der Waals surface area contributed by atoms with Crippen molar-refractivity contribution >= 4 is 6.03 Å². The van der Waals surface area contributed by atoms with Crippen molar-refractivity contribution in [2.24, 2.45) is 5.92 Å². The zero-order chi connectivity index (χ0) is 17.6. The highest BCUT2D eigenvalue weighted by Gasteiger charge is 2.30. The van der Waals surface area contributed by atoms with Gasteiger partial charge in [0.1, 0.15) is 0 Å². The molecule has 1 unspecified atom stereocenters. The topological polar surface area (TPSA) is 44.4 Å². The molecular weight excluding hydrogens is 319 g/mol. The fourth-order valence-electron chi connectivity index (χ4n) is 2.92. The van der Waals surface area contributed by atoms with Crippen LogP contribution in [0.5, 0.6) is 0 Å². The number of carbonyl (C=O) groups is 1. The molecule has 1 aromatic rings. The number of hydrogen-bond acceptors (Lipinski definition) is 2. The van der Waals surface area contributed by atoms with Crippen LogP contribution in [0.25, 0.3) is 0 Å². The first-order valence-corrected chi connectivity index (χ1v) is 8.25. The Labute approximate surface area is 140 Å². The predicted octanol–water partition coefficient (Wildman–Crippen LogP) is 3.24. The molecule has 1 aromatic carbocycles. The van der Waals surface area contributed by atoms with E-state index in [1.165, 1.54) is 18.9 Å². The van der Waals surface area contributed by atoms with Crippen LogP contribution in [0.2, 0.25) is 0 Å². The molecule has 0 bridgehead atoms. The first kappa shape index (κ1) is 18.6. The molecule has 0 spiro atoms. The van der Waals surface area contributed by atoms with Gasteiger partial charge in [0.25, 0.3) is 0 Å². The molecule has 2 rings (SSSR count). The van der Waals surface area contributed by atoms with Crippen molar-refractivity contribution in [3.05, 3.63) is 35.4 Å². The first-order chi connectivity index (χ1) is 11.3. The molecule has 0 radical (unpaired) electrons. The summed E-state index contributed by atoms with van der Waals surface area (Å²) >= 11 is 0. The van der Waals surface area contributed by atoms with E-state index in [0.717, 1.165) is 31.8 Å². The summed E-state index contributed by atoms with van der Waals surface area (Å²) in [5.41, 5.74) is -0.286. The van der Waals surface area contributed by atoms with Gasteiger partial charge in [0.05, 0.1) is 5.56 Å². The molecule has 1 atom stereocenters. The van der Waals surface area contributed by atoms with Gasteiger partial charge in [-0.05, 0) is 43.0 Å². The average Bonchev–Trinajstić information content (AvgIpc) is 2.52. The van der Waals surface area contributed by atoms with Gasteiger partial charge in [-0.1, -0.05) is 19.1 Å². The summed E-state index contributed by atoms with van der Waals surface area (Å²) < 4.78 is 37.9. The maximum atomic E-state index is 12.6. The highest BCUT2D eigenvalue weighted by atomic mass is 19.4. The lowest BCUT2D eigenvalue weighted by Crippen LogP contribution is -2.42. The number of urea groups is 1. The van der Waals surface area contributed by atoms with Gasteiger partial charge in [0.15, 0.2) is 0 Å². The van der Waals surface area contributed by atoms with Gasteiger partial charge in [-0.25, -0.2) is 4.79 Å². The van der Waals surface area contributed by atoms with E-state index in [2.05, 4.69) is 22.5 Å². The Morgan fingerprint density at radius 2 is 2.12 bits per heavy atom. The minimum atomic E-state index is -4.37. The van der Waals surface area contributed by atoms with Gasteiger partial charge >= 0.3 is 12.2 Å². The number of benzene rings is 1. The summed E-state index contributed by atoms with van der Waals surface area (Å²) in [5.74, 6) is 0.688. The minimum Gasteiger partial charge on any atom is -0.337 e. The molecule has 2 N–H and O–H groups in total. The van der Waals surface area contributed by atoms with Gasteiger partial charge in [-0.3, -0.25) is 0 Å². The van der Waals surface area contributed by atoms with Crippen LogP contribution in [0.3, 0.4) is 0 Å². The second-order valence-electron chi connectivity index (χ2n) is 6.36. The van der Waals surface area contributed by atoms with Gasteiger partial charge < -0.3 is 15.5 Å². The zero-order valence-electron chi connectivity index (χ0n) is 13.8. The van der Waals surface area contributed by atoms with Crippen molar-refractivity contribution in [1.82, 2.24) is 15.5 Å². The first-order valence-electron chi connectivity index (χ1n) is 8.25. The number of rotatable bonds is 5. The predicted molar refractivity (Wildman–Crippen MR) is 86.5 cm³/mol. The highest BCUT2D eigenvalue weighted by molar-refractivity contribution is 5.73. The smallest absolute Gasteiger partial charge is 0.337 e. The molecule has 1 aliphatic rings. The Kier molecular flexibility index (Phi) is 6.48. The highest BCUT2D eigenvalue weighted by Crippen LogP contribution is 2.29. The van der Waals surface area contributed by atoms with Crippen LogP contribution in [-0.2, 0) is 12.7 Å². The molecule has 1 heterocycles. The van der Waals surface area contributed by atoms with Crippen molar-refractivity contribution in [3.8, 4) is 0 Å². The van der Waals surface area contributed by atoms with Crippen molar-refractivity contribution in [2.45, 2.75) is 32.5 Å². The van der Waals surface area contributed by atoms with Crippen LogP contribution in [0.4, 0.5) is 18.0 Å². The maximum Gasteiger partial charge on any atom is 0.416 e. The lowest BCUT2D eigenvalue weighted by Gasteiger charge is -2.30. The molecule has 0 aromatic heterocycles. The van der Waals surface area contributed by atoms with Crippen LogP contribution in [-0.4, -0.2) is 37.1 Å². The summed E-state index contributed by atoms with van der Waals surface area (Å²) in [6.07, 6.45) is -1.94. The molecule has 7 heteroatoms. The molecule has 24 heavy (non-hydrogen) atoms. The number of hydrogen-bond donors (Lipinski definition) is 2. The van der Waals surface area contributed by atoms with Crippen LogP contribution >= 0.6 is 0 Å². The summed E-state index contributed by atoms with van der Waals surface area (Å²) in [6.45, 7) is 5.71. The van der Waals surface area contributed by atoms with Crippen molar-refractivity contribution in [3.63, 3.8) is 0 Å². The summed E-state index contributed by atoms with van der Waals surface area (Å²) in [4.78, 5) is 14.1. The van der Waals surface area contributed by atoms with Crippen molar-refractivity contribution in [2.75, 3.05) is 26.2 Å². The molecule has 134 valence electrons. The van der Waals surface area contributed by atoms with Gasteiger partial charge in [-0.15, -0.1) is 0 Å². The lowest BCUT2D eigenvalue weighted by molar-refractivity contribution is -0.137. The molecule has 2 amide bonds. The number of amides is 2. The van der Waals surface area contributed by atoms with E-state index in [-0.39, 0.29) is 12.6 Å². The fourth-order valence-corrected chi connectivity index (χ4v) is 2.92. The van der Waals surface area contributed by atoms with Crippen LogP contribution in [0, 0.1) is 5.92 Å². The number of piperidine rings is 1. The quantitative estimate of drug-likeness (QED) is 0.862. The number of likely N-dealkylation sites (tertiary alicyclic amines) is 1. The van der Waals surface area contributed by atoms with Gasteiger partial charge in [0, 0.05) is 26.2 Å². The SMILES string of the molecule is CC1CCCN(CCNC(=O)NCc2cccc(C(F)(F)F)c2)C1. The Morgan fingerprint density at radius 1 is 1.33 bits per heavy atom. The summed E-state index contributed by atoms with van der Waals surface area (Å²) in [5, 5.41) is 5.33. The Balaban J connectivity index is 1.69. The monoisotopic (exact) mass is 343 g/mol.